The molecule has 0 saturated carbocycles. The molecule has 1 amide bonds. The lowest BCUT2D eigenvalue weighted by atomic mass is 10.1. The lowest BCUT2D eigenvalue weighted by molar-refractivity contribution is -0.118. The Hall–Kier alpha value is -3.02. The molecule has 3 heterocycles. The molecule has 3 aromatic rings. The van der Waals surface area contributed by atoms with E-state index in [1.807, 2.05) is 31.2 Å². The summed E-state index contributed by atoms with van der Waals surface area (Å²) >= 11 is 0. The van der Waals surface area contributed by atoms with Crippen molar-refractivity contribution >= 4 is 11.6 Å². The van der Waals surface area contributed by atoms with Gasteiger partial charge >= 0.3 is 0 Å². The Balaban J connectivity index is 1.60. The number of amides is 1. The molecule has 25 heavy (non-hydrogen) atoms. The zero-order valence-electron chi connectivity index (χ0n) is 14.1. The van der Waals surface area contributed by atoms with Gasteiger partial charge in [0.2, 0.25) is 5.91 Å². The van der Waals surface area contributed by atoms with Crippen LogP contribution < -0.4 is 9.64 Å². The van der Waals surface area contributed by atoms with Crippen molar-refractivity contribution in [2.75, 3.05) is 11.5 Å². The summed E-state index contributed by atoms with van der Waals surface area (Å²) in [6.45, 7) is 4.24. The number of rotatable bonds is 3. The first-order valence-electron chi connectivity index (χ1n) is 8.17. The van der Waals surface area contributed by atoms with Crippen LogP contribution in [0.5, 0.6) is 5.75 Å². The molecular formula is C19H18N2O4. The average Bonchev–Trinajstić information content (AvgIpc) is 3.25. The van der Waals surface area contributed by atoms with Crippen LogP contribution in [0.25, 0.3) is 11.7 Å². The SMILES string of the molecule is Cc1oc(-c2ccco2)nc1CC(=O)N1c2ccccc2OC[C@H]1C. The summed E-state index contributed by atoms with van der Waals surface area (Å²) in [5.74, 6) is 2.24. The Labute approximate surface area is 145 Å². The number of benzene rings is 1. The van der Waals surface area contributed by atoms with E-state index < -0.39 is 0 Å². The Bertz CT molecular complexity index is 898. The van der Waals surface area contributed by atoms with E-state index >= 15 is 0 Å². The minimum Gasteiger partial charge on any atom is -0.489 e. The molecule has 0 bridgehead atoms. The molecule has 6 nitrogen and oxygen atoms in total. The summed E-state index contributed by atoms with van der Waals surface area (Å²) < 4.78 is 16.7. The molecule has 4 rings (SSSR count). The summed E-state index contributed by atoms with van der Waals surface area (Å²) in [7, 11) is 0. The van der Waals surface area contributed by atoms with Crippen LogP contribution in [-0.4, -0.2) is 23.5 Å². The predicted octanol–water partition coefficient (Wildman–Crippen LogP) is 3.60. The number of ether oxygens (including phenoxy) is 1. The van der Waals surface area contributed by atoms with Crippen LogP contribution in [0.1, 0.15) is 18.4 Å². The van der Waals surface area contributed by atoms with E-state index in [4.69, 9.17) is 13.6 Å². The predicted molar refractivity (Wildman–Crippen MR) is 91.5 cm³/mol. The number of furan rings is 1. The number of oxazole rings is 1. The number of fused-ring (bicyclic) bond motifs is 1. The van der Waals surface area contributed by atoms with Gasteiger partial charge in [-0.1, -0.05) is 12.1 Å². The third-order valence-corrected chi connectivity index (χ3v) is 4.26. The fraction of sp³-hybridized carbons (Fsp3) is 0.263. The number of hydrogen-bond donors (Lipinski definition) is 0. The zero-order chi connectivity index (χ0) is 17.4. The topological polar surface area (TPSA) is 68.7 Å². The molecule has 128 valence electrons. The van der Waals surface area contributed by atoms with Gasteiger partial charge < -0.3 is 18.5 Å². The highest BCUT2D eigenvalue weighted by atomic mass is 16.5. The third kappa shape index (κ3) is 2.80. The maximum Gasteiger partial charge on any atom is 0.263 e. The largest absolute Gasteiger partial charge is 0.489 e. The normalized spacial score (nSPS) is 16.4. The lowest BCUT2D eigenvalue weighted by Gasteiger charge is -2.35. The molecule has 0 fully saturated rings. The molecule has 0 radical (unpaired) electrons. The van der Waals surface area contributed by atoms with E-state index in [1.165, 1.54) is 0 Å². The van der Waals surface area contributed by atoms with Crippen LogP contribution >= 0.6 is 0 Å². The smallest absolute Gasteiger partial charge is 0.263 e. The van der Waals surface area contributed by atoms with Crippen molar-refractivity contribution < 1.29 is 18.4 Å². The molecule has 0 saturated heterocycles. The second kappa shape index (κ2) is 6.12. The highest BCUT2D eigenvalue weighted by Crippen LogP contribution is 2.34. The maximum atomic E-state index is 13.0. The van der Waals surface area contributed by atoms with Gasteiger partial charge in [0.25, 0.3) is 5.89 Å². The van der Waals surface area contributed by atoms with Gasteiger partial charge in [0.05, 0.1) is 30.1 Å². The molecule has 6 heteroatoms. The van der Waals surface area contributed by atoms with Crippen molar-refractivity contribution in [3.05, 3.63) is 54.1 Å². The number of aromatic nitrogens is 1. The maximum absolute atomic E-state index is 13.0. The van der Waals surface area contributed by atoms with Crippen molar-refractivity contribution in [3.63, 3.8) is 0 Å². The summed E-state index contributed by atoms with van der Waals surface area (Å²) in [5, 5.41) is 0. The van der Waals surface area contributed by atoms with Crippen molar-refractivity contribution in [2.45, 2.75) is 26.3 Å². The molecule has 1 aliphatic heterocycles. The monoisotopic (exact) mass is 338 g/mol. The lowest BCUT2D eigenvalue weighted by Crippen LogP contribution is -2.45. The second-order valence-corrected chi connectivity index (χ2v) is 6.07. The Morgan fingerprint density at radius 3 is 2.92 bits per heavy atom. The quantitative estimate of drug-likeness (QED) is 0.730. The molecule has 0 N–H and O–H groups in total. The molecule has 0 aliphatic carbocycles. The van der Waals surface area contributed by atoms with Gasteiger partial charge in [0.15, 0.2) is 5.76 Å². The van der Waals surface area contributed by atoms with E-state index in [1.54, 1.807) is 30.2 Å². The van der Waals surface area contributed by atoms with Gasteiger partial charge in [-0.05, 0) is 38.1 Å². The van der Waals surface area contributed by atoms with E-state index in [2.05, 4.69) is 4.98 Å². The Kier molecular flexibility index (Phi) is 3.80. The van der Waals surface area contributed by atoms with Crippen molar-refractivity contribution in [1.29, 1.82) is 0 Å². The van der Waals surface area contributed by atoms with Crippen LogP contribution in [-0.2, 0) is 11.2 Å². The number of aryl methyl sites for hydroxylation is 1. The van der Waals surface area contributed by atoms with Crippen LogP contribution in [0.3, 0.4) is 0 Å². The number of hydrogen-bond acceptors (Lipinski definition) is 5. The molecule has 1 aliphatic rings. The van der Waals surface area contributed by atoms with Gasteiger partial charge in [-0.25, -0.2) is 4.98 Å². The number of anilines is 1. The number of nitrogens with zero attached hydrogens (tertiary/aromatic N) is 2. The first-order valence-corrected chi connectivity index (χ1v) is 8.17. The van der Waals surface area contributed by atoms with E-state index in [0.717, 1.165) is 11.4 Å². The standard InChI is InChI=1S/C19H18N2O4/c1-12-11-24-16-7-4-3-6-15(16)21(12)18(22)10-14-13(2)25-19(20-14)17-8-5-9-23-17/h3-9,12H,10-11H2,1-2H3/t12-/m1/s1. The summed E-state index contributed by atoms with van der Waals surface area (Å²) in [4.78, 5) is 19.2. The van der Waals surface area contributed by atoms with Crippen LogP contribution in [0.4, 0.5) is 5.69 Å². The highest BCUT2D eigenvalue weighted by Gasteiger charge is 2.30. The van der Waals surface area contributed by atoms with E-state index in [-0.39, 0.29) is 18.4 Å². The molecule has 1 aromatic carbocycles. The second-order valence-electron chi connectivity index (χ2n) is 6.07. The van der Waals surface area contributed by atoms with Crippen molar-refractivity contribution in [2.24, 2.45) is 0 Å². The van der Waals surface area contributed by atoms with Gasteiger partial charge in [0.1, 0.15) is 18.1 Å². The van der Waals surface area contributed by atoms with E-state index in [9.17, 15) is 4.79 Å². The Morgan fingerprint density at radius 1 is 1.28 bits per heavy atom. The third-order valence-electron chi connectivity index (χ3n) is 4.26. The molecule has 0 unspecified atom stereocenters. The van der Waals surface area contributed by atoms with Crippen LogP contribution in [0.15, 0.2) is 51.5 Å². The Morgan fingerprint density at radius 2 is 2.12 bits per heavy atom. The van der Waals surface area contributed by atoms with Gasteiger partial charge in [-0.2, -0.15) is 0 Å². The minimum absolute atomic E-state index is 0.0364. The van der Waals surface area contributed by atoms with Crippen molar-refractivity contribution in [1.82, 2.24) is 4.98 Å². The highest BCUT2D eigenvalue weighted by molar-refractivity contribution is 5.97. The van der Waals surface area contributed by atoms with Crippen molar-refractivity contribution in [3.8, 4) is 17.4 Å². The van der Waals surface area contributed by atoms with Gasteiger partial charge in [-0.3, -0.25) is 4.79 Å². The van der Waals surface area contributed by atoms with Gasteiger partial charge in [0, 0.05) is 0 Å². The molecular weight excluding hydrogens is 320 g/mol. The summed E-state index contributed by atoms with van der Waals surface area (Å²) in [6, 6.07) is 11.1. The summed E-state index contributed by atoms with van der Waals surface area (Å²) in [5.41, 5.74) is 1.41. The molecule has 2 aromatic heterocycles. The summed E-state index contributed by atoms with van der Waals surface area (Å²) in [6.07, 6.45) is 1.72. The molecule has 0 spiro atoms. The minimum atomic E-state index is -0.0425. The van der Waals surface area contributed by atoms with E-state index in [0.29, 0.717) is 29.7 Å². The molecule has 1 atom stereocenters. The average molecular weight is 338 g/mol. The number of carbonyl (C=O) groups excluding carboxylic acids is 1. The van der Waals surface area contributed by atoms with Crippen LogP contribution in [0.2, 0.25) is 0 Å². The van der Waals surface area contributed by atoms with Crippen LogP contribution in [0, 0.1) is 6.92 Å². The first kappa shape index (κ1) is 15.5. The number of para-hydroxylation sites is 2. The van der Waals surface area contributed by atoms with Gasteiger partial charge in [-0.15, -0.1) is 0 Å². The zero-order valence-corrected chi connectivity index (χ0v) is 14.1. The fourth-order valence-electron chi connectivity index (χ4n) is 3.01. The first-order chi connectivity index (χ1) is 12.1. The number of carbonyl (C=O) groups is 1. The fourth-order valence-corrected chi connectivity index (χ4v) is 3.01.